The molecule has 34 heavy (non-hydrogen) atoms. The minimum absolute atomic E-state index is 0.130. The van der Waals surface area contributed by atoms with Crippen LogP contribution in [0.2, 0.25) is 0 Å². The number of aryl methyl sites for hydroxylation is 1. The molecule has 1 aliphatic heterocycles. The molecule has 0 unspecified atom stereocenters. The quantitative estimate of drug-likeness (QED) is 0.373. The fourth-order valence-corrected chi connectivity index (χ4v) is 4.25. The second-order valence-electron chi connectivity index (χ2n) is 9.26. The molecule has 3 nitrogen and oxygen atoms in total. The summed E-state index contributed by atoms with van der Waals surface area (Å²) in [6.45, 7) is 13.3. The van der Waals surface area contributed by atoms with Crippen LogP contribution in [0.15, 0.2) is 54.7 Å². The van der Waals surface area contributed by atoms with E-state index in [1.807, 2.05) is 29.2 Å². The van der Waals surface area contributed by atoms with Crippen molar-refractivity contribution in [1.29, 1.82) is 0 Å². The largest absolute Gasteiger partial charge is 0.347 e. The number of fused-ring (bicyclic) bond motifs is 1. The number of carbonyl (C=O) groups excluding carboxylic acids is 1. The van der Waals surface area contributed by atoms with Crippen LogP contribution in [-0.4, -0.2) is 28.5 Å². The number of piperidine rings is 1. The Morgan fingerprint density at radius 2 is 1.53 bits per heavy atom. The van der Waals surface area contributed by atoms with Crippen molar-refractivity contribution in [2.75, 3.05) is 13.1 Å². The first-order chi connectivity index (χ1) is 16.5. The van der Waals surface area contributed by atoms with E-state index >= 15 is 0 Å². The molecule has 2 aromatic carbocycles. The van der Waals surface area contributed by atoms with Crippen LogP contribution in [0.1, 0.15) is 82.6 Å². The Hall–Kier alpha value is -2.62. The molecule has 0 aliphatic carbocycles. The van der Waals surface area contributed by atoms with Crippen molar-refractivity contribution in [3.8, 4) is 0 Å². The highest BCUT2D eigenvalue weighted by Crippen LogP contribution is 2.24. The minimum atomic E-state index is -0.189. The highest BCUT2D eigenvalue weighted by molar-refractivity contribution is 5.98. The summed E-state index contributed by atoms with van der Waals surface area (Å²) in [6.07, 6.45) is 8.65. The minimum Gasteiger partial charge on any atom is -0.347 e. The lowest BCUT2D eigenvalue weighted by molar-refractivity contribution is 0.0690. The number of carbonyl (C=O) groups is 1. The SMILES string of the molecule is CCC.CCC.CCCn1ccc2cc(C(=O)N3CCC(Cc4ccc(F)cc4)CC3)ccc21. The Morgan fingerprint density at radius 1 is 0.912 bits per heavy atom. The van der Waals surface area contributed by atoms with Gasteiger partial charge in [-0.1, -0.05) is 59.6 Å². The molecule has 4 heteroatoms. The van der Waals surface area contributed by atoms with Crippen molar-refractivity contribution >= 4 is 16.8 Å². The van der Waals surface area contributed by atoms with E-state index < -0.39 is 0 Å². The summed E-state index contributed by atoms with van der Waals surface area (Å²) < 4.78 is 15.3. The smallest absolute Gasteiger partial charge is 0.253 e. The van der Waals surface area contributed by atoms with Gasteiger partial charge in [-0.3, -0.25) is 4.79 Å². The third-order valence-corrected chi connectivity index (χ3v) is 5.82. The summed E-state index contributed by atoms with van der Waals surface area (Å²) in [5, 5.41) is 1.13. The predicted octanol–water partition coefficient (Wildman–Crippen LogP) is 8.12. The van der Waals surface area contributed by atoms with E-state index in [2.05, 4.69) is 57.5 Å². The van der Waals surface area contributed by atoms with E-state index in [0.29, 0.717) is 5.92 Å². The standard InChI is InChI=1S/C24H27FN2O.2C3H8/c1-2-12-26-15-11-20-17-21(5-8-23(20)26)24(28)27-13-9-19(10-14-27)16-18-3-6-22(25)7-4-18;2*1-3-2/h3-8,11,15,17,19H,2,9-10,12-14,16H2,1H3;2*3H2,1-2H3. The zero-order chi connectivity index (χ0) is 24.9. The van der Waals surface area contributed by atoms with Gasteiger partial charge >= 0.3 is 0 Å². The van der Waals surface area contributed by atoms with Gasteiger partial charge in [0.05, 0.1) is 0 Å². The Labute approximate surface area is 206 Å². The molecule has 0 bridgehead atoms. The van der Waals surface area contributed by atoms with E-state index in [9.17, 15) is 9.18 Å². The third-order valence-electron chi connectivity index (χ3n) is 5.82. The van der Waals surface area contributed by atoms with Gasteiger partial charge < -0.3 is 9.47 Å². The highest BCUT2D eigenvalue weighted by Gasteiger charge is 2.24. The fraction of sp³-hybridized carbons (Fsp3) is 0.500. The monoisotopic (exact) mass is 466 g/mol. The lowest BCUT2D eigenvalue weighted by Crippen LogP contribution is -2.38. The number of likely N-dealkylation sites (tertiary alicyclic amines) is 1. The molecule has 0 radical (unpaired) electrons. The topological polar surface area (TPSA) is 25.2 Å². The van der Waals surface area contributed by atoms with Crippen LogP contribution in [0.4, 0.5) is 4.39 Å². The zero-order valence-electron chi connectivity index (χ0n) is 21.8. The summed E-state index contributed by atoms with van der Waals surface area (Å²) in [4.78, 5) is 14.9. The van der Waals surface area contributed by atoms with Crippen molar-refractivity contribution in [3.63, 3.8) is 0 Å². The highest BCUT2D eigenvalue weighted by atomic mass is 19.1. The molecule has 0 atom stereocenters. The lowest BCUT2D eigenvalue weighted by atomic mass is 9.90. The number of aromatic nitrogens is 1. The van der Waals surface area contributed by atoms with Gasteiger partial charge in [-0.05, 0) is 73.6 Å². The summed E-state index contributed by atoms with van der Waals surface area (Å²) in [5.41, 5.74) is 3.14. The molecule has 0 spiro atoms. The predicted molar refractivity (Wildman–Crippen MR) is 143 cm³/mol. The van der Waals surface area contributed by atoms with Crippen molar-refractivity contribution in [3.05, 3.63) is 71.7 Å². The number of hydrogen-bond donors (Lipinski definition) is 0. The van der Waals surface area contributed by atoms with E-state index in [-0.39, 0.29) is 11.7 Å². The molecule has 1 saturated heterocycles. The van der Waals surface area contributed by atoms with Crippen LogP contribution in [-0.2, 0) is 13.0 Å². The molecule has 1 fully saturated rings. The number of benzene rings is 2. The van der Waals surface area contributed by atoms with E-state index in [1.54, 1.807) is 0 Å². The van der Waals surface area contributed by atoms with Crippen LogP contribution in [0.5, 0.6) is 0 Å². The molecule has 1 aromatic heterocycles. The molecule has 2 heterocycles. The molecule has 3 aromatic rings. The average Bonchev–Trinajstić information content (AvgIpc) is 3.24. The number of amides is 1. The number of nitrogens with zero attached hydrogens (tertiary/aromatic N) is 2. The van der Waals surface area contributed by atoms with Crippen LogP contribution >= 0.6 is 0 Å². The van der Waals surface area contributed by atoms with Crippen molar-refractivity contribution in [2.45, 2.75) is 79.7 Å². The van der Waals surface area contributed by atoms with Crippen LogP contribution in [0, 0.1) is 11.7 Å². The summed E-state index contributed by atoms with van der Waals surface area (Å²) in [6, 6.07) is 14.9. The first kappa shape index (κ1) is 27.6. The average molecular weight is 467 g/mol. The van der Waals surface area contributed by atoms with Crippen molar-refractivity contribution < 1.29 is 9.18 Å². The number of halogens is 1. The Morgan fingerprint density at radius 3 is 2.12 bits per heavy atom. The van der Waals surface area contributed by atoms with Gasteiger partial charge in [0.15, 0.2) is 0 Å². The van der Waals surface area contributed by atoms with Crippen LogP contribution in [0.25, 0.3) is 10.9 Å². The van der Waals surface area contributed by atoms with Gasteiger partial charge in [0.2, 0.25) is 0 Å². The number of rotatable bonds is 5. The van der Waals surface area contributed by atoms with Gasteiger partial charge in [-0.25, -0.2) is 4.39 Å². The van der Waals surface area contributed by atoms with Crippen LogP contribution in [0.3, 0.4) is 0 Å². The molecule has 0 N–H and O–H groups in total. The van der Waals surface area contributed by atoms with Gasteiger partial charge in [-0.2, -0.15) is 0 Å². The fourth-order valence-electron chi connectivity index (χ4n) is 4.25. The van der Waals surface area contributed by atoms with Crippen molar-refractivity contribution in [1.82, 2.24) is 9.47 Å². The third kappa shape index (κ3) is 8.00. The molecular weight excluding hydrogens is 423 g/mol. The summed E-state index contributed by atoms with van der Waals surface area (Å²) in [7, 11) is 0. The molecule has 186 valence electrons. The van der Waals surface area contributed by atoms with E-state index in [4.69, 9.17) is 0 Å². The normalized spacial score (nSPS) is 13.6. The first-order valence-electron chi connectivity index (χ1n) is 13.1. The van der Waals surface area contributed by atoms with Gasteiger partial charge in [0.25, 0.3) is 5.91 Å². The Balaban J connectivity index is 0.000000618. The number of hydrogen-bond acceptors (Lipinski definition) is 1. The molecule has 4 rings (SSSR count). The maximum absolute atomic E-state index is 13.1. The van der Waals surface area contributed by atoms with Gasteiger partial charge in [0, 0.05) is 42.3 Å². The maximum atomic E-state index is 13.1. The van der Waals surface area contributed by atoms with E-state index in [0.717, 1.165) is 56.3 Å². The summed E-state index contributed by atoms with van der Waals surface area (Å²) >= 11 is 0. The zero-order valence-corrected chi connectivity index (χ0v) is 21.8. The first-order valence-corrected chi connectivity index (χ1v) is 13.1. The second-order valence-corrected chi connectivity index (χ2v) is 9.26. The van der Waals surface area contributed by atoms with Crippen molar-refractivity contribution in [2.24, 2.45) is 5.92 Å². The molecular formula is C30H43FN2O. The van der Waals surface area contributed by atoms with Crippen LogP contribution < -0.4 is 0 Å². The summed E-state index contributed by atoms with van der Waals surface area (Å²) in [5.74, 6) is 0.497. The second kappa shape index (κ2) is 14.6. The van der Waals surface area contributed by atoms with E-state index in [1.165, 1.54) is 36.1 Å². The Kier molecular flexibility index (Phi) is 11.9. The molecule has 1 aliphatic rings. The lowest BCUT2D eigenvalue weighted by Gasteiger charge is -2.32. The Bertz CT molecular complexity index is 983. The van der Waals surface area contributed by atoms with Gasteiger partial charge in [0.1, 0.15) is 5.82 Å². The maximum Gasteiger partial charge on any atom is 0.253 e. The molecule has 0 saturated carbocycles. The van der Waals surface area contributed by atoms with Gasteiger partial charge in [-0.15, -0.1) is 0 Å². The molecule has 1 amide bonds.